The summed E-state index contributed by atoms with van der Waals surface area (Å²) in [6, 6.07) is 4.23. The van der Waals surface area contributed by atoms with E-state index in [2.05, 4.69) is 15.3 Å². The Morgan fingerprint density at radius 2 is 2.00 bits per heavy atom. The summed E-state index contributed by atoms with van der Waals surface area (Å²) >= 11 is 1.58. The molecule has 4 unspecified atom stereocenters. The van der Waals surface area contributed by atoms with Crippen LogP contribution in [0.3, 0.4) is 0 Å². The van der Waals surface area contributed by atoms with Gasteiger partial charge < -0.3 is 10.4 Å². The van der Waals surface area contributed by atoms with Crippen LogP contribution in [0.4, 0.5) is 27.6 Å². The molecule has 2 heterocycles. The predicted molar refractivity (Wildman–Crippen MR) is 115 cm³/mol. The lowest BCUT2D eigenvalue weighted by molar-refractivity contribution is -0.273. The molecule has 2 aliphatic rings. The highest BCUT2D eigenvalue weighted by atomic mass is 32.2. The van der Waals surface area contributed by atoms with Crippen LogP contribution in [0.15, 0.2) is 35.4 Å². The molecule has 2 aromatic carbocycles. The van der Waals surface area contributed by atoms with Gasteiger partial charge in [0.15, 0.2) is 17.2 Å². The maximum atomic E-state index is 14.4. The minimum absolute atomic E-state index is 0.0268. The lowest BCUT2D eigenvalue weighted by Gasteiger charge is -2.48. The van der Waals surface area contributed by atoms with E-state index in [1.807, 2.05) is 13.0 Å². The maximum absolute atomic E-state index is 14.4. The van der Waals surface area contributed by atoms with Crippen LogP contribution in [0.1, 0.15) is 48.7 Å². The largest absolute Gasteiger partial charge is 0.419 e. The maximum Gasteiger partial charge on any atom is 0.419 e. The van der Waals surface area contributed by atoms with Crippen molar-refractivity contribution >= 4 is 28.4 Å². The third-order valence-electron chi connectivity index (χ3n) is 6.48. The SMILES string of the molecule is Cc1ncc2c(NC3c4cccc5c4C(CC(C)S5)CC3(O)C(F)(F)F)cc(F)c(F)c2n1. The highest BCUT2D eigenvalue weighted by molar-refractivity contribution is 8.00. The summed E-state index contributed by atoms with van der Waals surface area (Å²) in [6.45, 7) is 3.45. The second kappa shape index (κ2) is 7.53. The Labute approximate surface area is 190 Å². The third kappa shape index (κ3) is 3.45. The van der Waals surface area contributed by atoms with Crippen LogP contribution in [0.5, 0.6) is 0 Å². The van der Waals surface area contributed by atoms with E-state index in [4.69, 9.17) is 0 Å². The molecule has 5 rings (SSSR count). The summed E-state index contributed by atoms with van der Waals surface area (Å²) in [5, 5.41) is 14.0. The molecular formula is C23H20F5N3OS. The van der Waals surface area contributed by atoms with Crippen molar-refractivity contribution < 1.29 is 27.1 Å². The zero-order valence-corrected chi connectivity index (χ0v) is 18.5. The van der Waals surface area contributed by atoms with Crippen LogP contribution < -0.4 is 5.32 Å². The first-order valence-electron chi connectivity index (χ1n) is 10.5. The Hall–Kier alpha value is -2.46. The van der Waals surface area contributed by atoms with Crippen LogP contribution >= 0.6 is 11.8 Å². The molecular weight excluding hydrogens is 461 g/mol. The van der Waals surface area contributed by atoms with Crippen LogP contribution in [0.2, 0.25) is 0 Å². The quantitative estimate of drug-likeness (QED) is 0.438. The van der Waals surface area contributed by atoms with Crippen molar-refractivity contribution in [1.82, 2.24) is 9.97 Å². The van der Waals surface area contributed by atoms with Gasteiger partial charge in [-0.15, -0.1) is 11.8 Å². The lowest BCUT2D eigenvalue weighted by Crippen LogP contribution is -2.56. The number of anilines is 1. The zero-order valence-electron chi connectivity index (χ0n) is 17.7. The first-order valence-corrected chi connectivity index (χ1v) is 11.3. The number of thioether (sulfide) groups is 1. The van der Waals surface area contributed by atoms with Crippen molar-refractivity contribution in [2.45, 2.75) is 60.6 Å². The highest BCUT2D eigenvalue weighted by Gasteiger charge is 2.63. The number of fused-ring (bicyclic) bond motifs is 1. The van der Waals surface area contributed by atoms with E-state index < -0.39 is 41.8 Å². The van der Waals surface area contributed by atoms with Gasteiger partial charge in [-0.1, -0.05) is 19.1 Å². The summed E-state index contributed by atoms with van der Waals surface area (Å²) < 4.78 is 71.8. The summed E-state index contributed by atoms with van der Waals surface area (Å²) in [5.41, 5.74) is -2.51. The van der Waals surface area contributed by atoms with Crippen molar-refractivity contribution in [2.75, 3.05) is 5.32 Å². The molecule has 0 saturated heterocycles. The number of hydrogen-bond donors (Lipinski definition) is 2. The molecule has 0 spiro atoms. The molecule has 0 saturated carbocycles. The van der Waals surface area contributed by atoms with Crippen LogP contribution in [-0.4, -0.2) is 32.1 Å². The monoisotopic (exact) mass is 481 g/mol. The summed E-state index contributed by atoms with van der Waals surface area (Å²) in [4.78, 5) is 8.79. The molecule has 4 atom stereocenters. The fourth-order valence-electron chi connectivity index (χ4n) is 5.04. The standard InChI is InChI=1S/C23H20F5N3OS/c1-10-6-12-8-22(32,23(26,27)28)21(13-4-3-5-17(33-10)18(12)13)31-16-7-15(24)19(25)20-14(16)9-29-11(2)30-20/h3-5,7,9-10,12,21,31-32H,6,8H2,1-2H3. The Bertz CT molecular complexity index is 1270. The molecule has 2 N–H and O–H groups in total. The fourth-order valence-corrected chi connectivity index (χ4v) is 6.37. The van der Waals surface area contributed by atoms with Gasteiger partial charge in [-0.25, -0.2) is 18.7 Å². The van der Waals surface area contributed by atoms with E-state index in [-0.39, 0.29) is 27.7 Å². The number of aromatic nitrogens is 2. The number of halogens is 5. The van der Waals surface area contributed by atoms with Crippen molar-refractivity contribution in [3.05, 3.63) is 59.0 Å². The second-order valence-corrected chi connectivity index (χ2v) is 10.2. The molecule has 10 heteroatoms. The van der Waals surface area contributed by atoms with Gasteiger partial charge in [-0.05, 0) is 42.9 Å². The zero-order chi connectivity index (χ0) is 23.7. The molecule has 1 aromatic heterocycles. The molecule has 174 valence electrons. The van der Waals surface area contributed by atoms with Gasteiger partial charge in [0.2, 0.25) is 0 Å². The van der Waals surface area contributed by atoms with E-state index in [9.17, 15) is 27.1 Å². The first kappa shape index (κ1) is 22.3. The van der Waals surface area contributed by atoms with E-state index in [0.29, 0.717) is 12.0 Å². The van der Waals surface area contributed by atoms with Crippen molar-refractivity contribution in [3.8, 4) is 0 Å². The first-order chi connectivity index (χ1) is 15.5. The number of nitrogens with zero attached hydrogens (tertiary/aromatic N) is 2. The third-order valence-corrected chi connectivity index (χ3v) is 7.68. The van der Waals surface area contributed by atoms with E-state index in [0.717, 1.165) is 16.5 Å². The fraction of sp³-hybridized carbons (Fsp3) is 0.391. The van der Waals surface area contributed by atoms with Crippen LogP contribution in [0, 0.1) is 18.6 Å². The minimum Gasteiger partial charge on any atom is -0.379 e. The predicted octanol–water partition coefficient (Wildman–Crippen LogP) is 6.03. The molecule has 3 aromatic rings. The molecule has 0 bridgehead atoms. The molecule has 0 fully saturated rings. The number of benzene rings is 2. The Balaban J connectivity index is 1.72. The van der Waals surface area contributed by atoms with E-state index in [1.165, 1.54) is 13.1 Å². The average molecular weight is 481 g/mol. The summed E-state index contributed by atoms with van der Waals surface area (Å²) in [5.74, 6) is -2.75. The lowest BCUT2D eigenvalue weighted by atomic mass is 9.69. The Morgan fingerprint density at radius 3 is 2.73 bits per heavy atom. The van der Waals surface area contributed by atoms with E-state index >= 15 is 0 Å². The van der Waals surface area contributed by atoms with Gasteiger partial charge in [0.1, 0.15) is 11.3 Å². The summed E-state index contributed by atoms with van der Waals surface area (Å²) in [7, 11) is 0. The number of aliphatic hydroxyl groups is 1. The smallest absolute Gasteiger partial charge is 0.379 e. The Morgan fingerprint density at radius 1 is 1.24 bits per heavy atom. The number of alkyl halides is 3. The van der Waals surface area contributed by atoms with Gasteiger partial charge in [-0.3, -0.25) is 0 Å². The second-order valence-electron chi connectivity index (χ2n) is 8.72. The molecule has 33 heavy (non-hydrogen) atoms. The number of nitrogens with one attached hydrogen (secondary N) is 1. The van der Waals surface area contributed by atoms with Crippen LogP contribution in [0.25, 0.3) is 10.9 Å². The minimum atomic E-state index is -4.96. The number of aryl methyl sites for hydroxylation is 1. The van der Waals surface area contributed by atoms with Gasteiger partial charge in [0.05, 0.1) is 6.04 Å². The Kier molecular flexibility index (Phi) is 5.09. The van der Waals surface area contributed by atoms with E-state index in [1.54, 1.807) is 23.9 Å². The molecule has 1 aliphatic carbocycles. The van der Waals surface area contributed by atoms with Crippen molar-refractivity contribution in [3.63, 3.8) is 0 Å². The number of hydrogen-bond acceptors (Lipinski definition) is 5. The molecule has 4 nitrogen and oxygen atoms in total. The topological polar surface area (TPSA) is 58.0 Å². The number of rotatable bonds is 2. The normalized spacial score (nSPS) is 26.8. The van der Waals surface area contributed by atoms with Gasteiger partial charge in [-0.2, -0.15) is 13.2 Å². The molecule has 0 radical (unpaired) electrons. The summed E-state index contributed by atoms with van der Waals surface area (Å²) in [6.07, 6.45) is -3.76. The molecule has 0 amide bonds. The van der Waals surface area contributed by atoms with Crippen molar-refractivity contribution in [2.24, 2.45) is 0 Å². The average Bonchev–Trinajstić information content (AvgIpc) is 2.73. The van der Waals surface area contributed by atoms with Crippen molar-refractivity contribution in [1.29, 1.82) is 0 Å². The van der Waals surface area contributed by atoms with Gasteiger partial charge in [0.25, 0.3) is 0 Å². The highest BCUT2D eigenvalue weighted by Crippen LogP contribution is 2.58. The van der Waals surface area contributed by atoms with Crippen LogP contribution in [-0.2, 0) is 0 Å². The van der Waals surface area contributed by atoms with Gasteiger partial charge >= 0.3 is 6.18 Å². The molecule has 1 aliphatic heterocycles. The van der Waals surface area contributed by atoms with Gasteiger partial charge in [0, 0.05) is 33.5 Å².